The Bertz CT molecular complexity index is 769. The summed E-state index contributed by atoms with van der Waals surface area (Å²) >= 11 is 0. The molecule has 4 nitrogen and oxygen atoms in total. The molecule has 0 saturated heterocycles. The van der Waals surface area contributed by atoms with Crippen molar-refractivity contribution in [2.24, 2.45) is 23.7 Å². The SMILES string of the molecule is O=C1C(=CC=CC=CC2=C([O-])C3CCCCC3C2=O)C(=O)C2CCCCC12. The predicted molar refractivity (Wildman–Crippen MR) is 99.3 cm³/mol. The second kappa shape index (κ2) is 7.41. The normalized spacial score (nSPS) is 34.1. The molecule has 0 radical (unpaired) electrons. The van der Waals surface area contributed by atoms with Gasteiger partial charge in [0.1, 0.15) is 0 Å². The fourth-order valence-corrected chi connectivity index (χ4v) is 5.26. The Morgan fingerprint density at radius 3 is 1.74 bits per heavy atom. The molecule has 4 rings (SSSR count). The van der Waals surface area contributed by atoms with Gasteiger partial charge < -0.3 is 5.11 Å². The van der Waals surface area contributed by atoms with Crippen LogP contribution in [-0.2, 0) is 14.4 Å². The third kappa shape index (κ3) is 3.15. The highest BCUT2D eigenvalue weighted by Crippen LogP contribution is 2.42. The summed E-state index contributed by atoms with van der Waals surface area (Å²) in [4.78, 5) is 37.3. The molecule has 0 heterocycles. The fourth-order valence-electron chi connectivity index (χ4n) is 5.26. The second-order valence-corrected chi connectivity index (χ2v) is 8.19. The van der Waals surface area contributed by atoms with Gasteiger partial charge in [-0.2, -0.15) is 0 Å². The highest BCUT2D eigenvalue weighted by molar-refractivity contribution is 6.27. The van der Waals surface area contributed by atoms with Crippen molar-refractivity contribution in [3.8, 4) is 0 Å². The summed E-state index contributed by atoms with van der Waals surface area (Å²) in [6, 6.07) is 0. The van der Waals surface area contributed by atoms with E-state index < -0.39 is 0 Å². The number of allylic oxidation sites excluding steroid dienone is 8. The Balaban J connectivity index is 1.44. The molecule has 4 aliphatic rings. The number of Topliss-reactive ketones (excluding diaryl/α,β-unsaturated/α-hetero) is 3. The van der Waals surface area contributed by atoms with E-state index in [4.69, 9.17) is 0 Å². The van der Waals surface area contributed by atoms with E-state index in [1.54, 1.807) is 30.4 Å². The average molecular weight is 365 g/mol. The summed E-state index contributed by atoms with van der Waals surface area (Å²) in [5, 5.41) is 12.4. The van der Waals surface area contributed by atoms with Gasteiger partial charge in [-0.15, -0.1) is 5.76 Å². The maximum absolute atomic E-state index is 12.4. The van der Waals surface area contributed by atoms with E-state index in [0.29, 0.717) is 11.1 Å². The molecular weight excluding hydrogens is 340 g/mol. The molecule has 0 spiro atoms. The van der Waals surface area contributed by atoms with Gasteiger partial charge in [-0.25, -0.2) is 0 Å². The Labute approximate surface area is 159 Å². The van der Waals surface area contributed by atoms with E-state index in [9.17, 15) is 19.5 Å². The lowest BCUT2D eigenvalue weighted by atomic mass is 9.80. The first-order valence-corrected chi connectivity index (χ1v) is 10.2. The molecule has 0 amide bonds. The molecule has 0 aromatic carbocycles. The van der Waals surface area contributed by atoms with Gasteiger partial charge in [0.15, 0.2) is 17.3 Å². The Hall–Kier alpha value is -2.23. The first-order chi connectivity index (χ1) is 13.1. The fraction of sp³-hybridized carbons (Fsp3) is 0.522. The van der Waals surface area contributed by atoms with Crippen molar-refractivity contribution in [1.82, 2.24) is 0 Å². The predicted octanol–water partition coefficient (Wildman–Crippen LogP) is 2.99. The van der Waals surface area contributed by atoms with Crippen LogP contribution in [0.1, 0.15) is 51.4 Å². The van der Waals surface area contributed by atoms with Gasteiger partial charge in [0.2, 0.25) is 0 Å². The molecule has 3 fully saturated rings. The Morgan fingerprint density at radius 1 is 0.667 bits per heavy atom. The summed E-state index contributed by atoms with van der Waals surface area (Å²) in [7, 11) is 0. The van der Waals surface area contributed by atoms with Crippen LogP contribution in [-0.4, -0.2) is 17.3 Å². The number of carbonyl (C=O) groups excluding carboxylic acids is 3. The lowest BCUT2D eigenvalue weighted by molar-refractivity contribution is -0.316. The molecule has 4 heteroatoms. The van der Waals surface area contributed by atoms with E-state index in [1.807, 2.05) is 0 Å². The topological polar surface area (TPSA) is 74.3 Å². The van der Waals surface area contributed by atoms with Crippen molar-refractivity contribution in [2.45, 2.75) is 51.4 Å². The largest absolute Gasteiger partial charge is 0.875 e. The molecule has 0 aliphatic heterocycles. The van der Waals surface area contributed by atoms with Crippen LogP contribution in [0.5, 0.6) is 0 Å². The lowest BCUT2D eigenvalue weighted by Gasteiger charge is -2.28. The number of hydrogen-bond acceptors (Lipinski definition) is 4. The van der Waals surface area contributed by atoms with E-state index in [2.05, 4.69) is 0 Å². The van der Waals surface area contributed by atoms with Gasteiger partial charge >= 0.3 is 0 Å². The van der Waals surface area contributed by atoms with Crippen molar-refractivity contribution >= 4 is 17.3 Å². The molecule has 4 atom stereocenters. The minimum absolute atomic E-state index is 0.0158. The van der Waals surface area contributed by atoms with Crippen molar-refractivity contribution < 1.29 is 19.5 Å². The second-order valence-electron chi connectivity index (χ2n) is 8.19. The van der Waals surface area contributed by atoms with Gasteiger partial charge in [0.25, 0.3) is 0 Å². The lowest BCUT2D eigenvalue weighted by Crippen LogP contribution is -2.24. The smallest absolute Gasteiger partial charge is 0.170 e. The average Bonchev–Trinajstić information content (AvgIpc) is 3.08. The zero-order valence-corrected chi connectivity index (χ0v) is 15.5. The van der Waals surface area contributed by atoms with Crippen LogP contribution < -0.4 is 5.11 Å². The monoisotopic (exact) mass is 365 g/mol. The summed E-state index contributed by atoms with van der Waals surface area (Å²) in [5.41, 5.74) is 0.617. The maximum atomic E-state index is 12.4. The first kappa shape index (κ1) is 18.1. The summed E-state index contributed by atoms with van der Waals surface area (Å²) in [5.74, 6) is -0.530. The molecule has 0 N–H and O–H groups in total. The molecule has 3 saturated carbocycles. The van der Waals surface area contributed by atoms with Gasteiger partial charge in [-0.3, -0.25) is 14.4 Å². The van der Waals surface area contributed by atoms with Crippen LogP contribution in [0.2, 0.25) is 0 Å². The standard InChI is InChI=1S/C23H26O4/c24-20-14-8-4-5-9-15(14)21(25)18(20)12-2-1-3-13-19-22(26)16-10-6-7-11-17(16)23(19)27/h1-3,12-17,24H,4-11H2/p-1. The van der Waals surface area contributed by atoms with Crippen LogP contribution in [0.15, 0.2) is 47.3 Å². The molecule has 142 valence electrons. The zero-order chi connectivity index (χ0) is 19.0. The van der Waals surface area contributed by atoms with E-state index >= 15 is 0 Å². The van der Waals surface area contributed by atoms with Gasteiger partial charge in [-0.05, 0) is 37.7 Å². The Morgan fingerprint density at radius 2 is 1.19 bits per heavy atom. The number of carbonyl (C=O) groups is 3. The summed E-state index contributed by atoms with van der Waals surface area (Å²) < 4.78 is 0. The van der Waals surface area contributed by atoms with Crippen LogP contribution >= 0.6 is 0 Å². The number of rotatable bonds is 3. The third-order valence-corrected chi connectivity index (χ3v) is 6.69. The van der Waals surface area contributed by atoms with Crippen molar-refractivity contribution in [2.75, 3.05) is 0 Å². The van der Waals surface area contributed by atoms with Crippen molar-refractivity contribution in [3.63, 3.8) is 0 Å². The van der Waals surface area contributed by atoms with Crippen molar-refractivity contribution in [1.29, 1.82) is 0 Å². The van der Waals surface area contributed by atoms with Crippen LogP contribution in [0, 0.1) is 23.7 Å². The van der Waals surface area contributed by atoms with E-state index in [0.717, 1.165) is 51.4 Å². The number of hydrogen-bond donors (Lipinski definition) is 0. The molecular formula is C23H25O4-. The van der Waals surface area contributed by atoms with E-state index in [-0.39, 0.29) is 46.8 Å². The highest BCUT2D eigenvalue weighted by atomic mass is 16.3. The van der Waals surface area contributed by atoms with Gasteiger partial charge in [-0.1, -0.05) is 50.0 Å². The van der Waals surface area contributed by atoms with Gasteiger partial charge in [0, 0.05) is 23.3 Å². The van der Waals surface area contributed by atoms with Crippen molar-refractivity contribution in [3.05, 3.63) is 47.3 Å². The summed E-state index contributed by atoms with van der Waals surface area (Å²) in [6.45, 7) is 0. The van der Waals surface area contributed by atoms with Crippen LogP contribution in [0.3, 0.4) is 0 Å². The summed E-state index contributed by atoms with van der Waals surface area (Å²) in [6.07, 6.45) is 15.6. The zero-order valence-electron chi connectivity index (χ0n) is 15.5. The minimum Gasteiger partial charge on any atom is -0.875 e. The molecule has 0 aromatic rings. The van der Waals surface area contributed by atoms with Gasteiger partial charge in [0.05, 0.1) is 5.57 Å². The van der Waals surface area contributed by atoms with Crippen LogP contribution in [0.4, 0.5) is 0 Å². The molecule has 4 aliphatic carbocycles. The maximum Gasteiger partial charge on any atom is 0.170 e. The quantitative estimate of drug-likeness (QED) is 0.438. The Kier molecular flexibility index (Phi) is 4.98. The minimum atomic E-state index is -0.117. The van der Waals surface area contributed by atoms with E-state index in [1.165, 1.54) is 0 Å². The molecule has 0 bridgehead atoms. The molecule has 27 heavy (non-hydrogen) atoms. The number of ketones is 3. The van der Waals surface area contributed by atoms with Crippen LogP contribution in [0.25, 0.3) is 0 Å². The highest BCUT2D eigenvalue weighted by Gasteiger charge is 2.45. The molecule has 4 unspecified atom stereocenters. The number of fused-ring (bicyclic) bond motifs is 2. The third-order valence-electron chi connectivity index (χ3n) is 6.69. The first-order valence-electron chi connectivity index (χ1n) is 10.2. The molecule has 0 aromatic heterocycles.